The van der Waals surface area contributed by atoms with Crippen molar-refractivity contribution in [2.75, 3.05) is 25.1 Å². The minimum absolute atomic E-state index is 0.115. The van der Waals surface area contributed by atoms with Crippen LogP contribution in [0.5, 0.6) is 0 Å². The highest BCUT2D eigenvalue weighted by Gasteiger charge is 2.22. The van der Waals surface area contributed by atoms with Gasteiger partial charge in [-0.25, -0.2) is 9.37 Å². The lowest BCUT2D eigenvalue weighted by Crippen LogP contribution is -2.44. The molecule has 0 spiro atoms. The number of benzene rings is 1. The van der Waals surface area contributed by atoms with E-state index in [4.69, 9.17) is 0 Å². The molecule has 8 heteroatoms. The van der Waals surface area contributed by atoms with E-state index >= 15 is 0 Å². The molecule has 1 aromatic heterocycles. The number of nitrogens with one attached hydrogen (secondary N) is 2. The second kappa shape index (κ2) is 10.3. The highest BCUT2D eigenvalue weighted by atomic mass is 32.1. The Hall–Kier alpha value is -2.58. The molecule has 0 aliphatic carbocycles. The summed E-state index contributed by atoms with van der Waals surface area (Å²) in [5.74, 6) is -0.658. The van der Waals surface area contributed by atoms with E-state index in [-0.39, 0.29) is 23.2 Å². The molecule has 2 N–H and O–H groups in total. The molecule has 29 heavy (non-hydrogen) atoms. The van der Waals surface area contributed by atoms with E-state index in [1.54, 1.807) is 5.38 Å². The molecule has 0 radical (unpaired) electrons. The summed E-state index contributed by atoms with van der Waals surface area (Å²) in [6.07, 6.45) is 2.97. The fourth-order valence-electron chi connectivity index (χ4n) is 3.18. The van der Waals surface area contributed by atoms with Crippen LogP contribution in [0.3, 0.4) is 0 Å². The zero-order valence-electron chi connectivity index (χ0n) is 16.4. The van der Waals surface area contributed by atoms with Crippen LogP contribution in [0.1, 0.15) is 35.8 Å². The first-order valence-electron chi connectivity index (χ1n) is 9.62. The van der Waals surface area contributed by atoms with Gasteiger partial charge in [-0.1, -0.05) is 30.3 Å². The van der Waals surface area contributed by atoms with Crippen LogP contribution in [-0.2, 0) is 11.3 Å². The number of halogens is 1. The second-order valence-electron chi connectivity index (χ2n) is 7.04. The molecule has 6 nitrogen and oxygen atoms in total. The highest BCUT2D eigenvalue weighted by Crippen LogP contribution is 2.18. The normalized spacial score (nSPS) is 15.9. The SMILES string of the molecule is C/C(=C\CF)C(=O)Nc1nc(C(=O)NC2CCN(Cc3ccccc3)CC2)cs1. The number of alkyl halides is 1. The number of rotatable bonds is 7. The number of anilines is 1. The van der Waals surface area contributed by atoms with Crippen LogP contribution in [0.2, 0.25) is 0 Å². The number of amides is 2. The van der Waals surface area contributed by atoms with Gasteiger partial charge in [-0.05, 0) is 31.4 Å². The Morgan fingerprint density at radius 2 is 2.00 bits per heavy atom. The maximum atomic E-state index is 12.5. The lowest BCUT2D eigenvalue weighted by Gasteiger charge is -2.32. The molecule has 2 aromatic rings. The van der Waals surface area contributed by atoms with Crippen molar-refractivity contribution in [3.63, 3.8) is 0 Å². The highest BCUT2D eigenvalue weighted by molar-refractivity contribution is 7.14. The lowest BCUT2D eigenvalue weighted by atomic mass is 10.0. The summed E-state index contributed by atoms with van der Waals surface area (Å²) in [6.45, 7) is 3.61. The van der Waals surface area contributed by atoms with Crippen LogP contribution < -0.4 is 10.6 Å². The minimum Gasteiger partial charge on any atom is -0.348 e. The van der Waals surface area contributed by atoms with Crippen LogP contribution in [-0.4, -0.2) is 47.5 Å². The lowest BCUT2D eigenvalue weighted by molar-refractivity contribution is -0.112. The fourth-order valence-corrected chi connectivity index (χ4v) is 3.86. The van der Waals surface area contributed by atoms with Crippen LogP contribution in [0.25, 0.3) is 0 Å². The standard InChI is InChI=1S/C21H25FN4O2S/c1-15(7-10-22)19(27)25-21-24-18(14-29-21)20(28)23-17-8-11-26(12-9-17)13-16-5-3-2-4-6-16/h2-7,14,17H,8-13H2,1H3,(H,23,28)(H,24,25,27)/b15-7+. The van der Waals surface area contributed by atoms with Crippen molar-refractivity contribution in [1.29, 1.82) is 0 Å². The van der Waals surface area contributed by atoms with Crippen LogP contribution >= 0.6 is 11.3 Å². The Morgan fingerprint density at radius 1 is 1.28 bits per heavy atom. The van der Waals surface area contributed by atoms with E-state index in [1.807, 2.05) is 18.2 Å². The van der Waals surface area contributed by atoms with Gasteiger partial charge in [-0.15, -0.1) is 11.3 Å². The van der Waals surface area contributed by atoms with Crippen LogP contribution in [0.15, 0.2) is 47.4 Å². The van der Waals surface area contributed by atoms with Gasteiger partial charge < -0.3 is 5.32 Å². The summed E-state index contributed by atoms with van der Waals surface area (Å²) in [5.41, 5.74) is 1.85. The molecule has 2 amide bonds. The molecule has 0 atom stereocenters. The van der Waals surface area contributed by atoms with E-state index in [9.17, 15) is 14.0 Å². The number of carbonyl (C=O) groups is 2. The maximum Gasteiger partial charge on any atom is 0.271 e. The Balaban J connectivity index is 1.46. The van der Waals surface area contributed by atoms with E-state index in [0.717, 1.165) is 32.5 Å². The summed E-state index contributed by atoms with van der Waals surface area (Å²) in [7, 11) is 0. The van der Waals surface area contributed by atoms with Crippen molar-refractivity contribution >= 4 is 28.3 Å². The summed E-state index contributed by atoms with van der Waals surface area (Å²) in [4.78, 5) is 30.9. The van der Waals surface area contributed by atoms with Gasteiger partial charge in [-0.2, -0.15) is 0 Å². The van der Waals surface area contributed by atoms with Gasteiger partial charge in [0.05, 0.1) is 0 Å². The number of likely N-dealkylation sites (tertiary alicyclic amines) is 1. The molecule has 0 saturated carbocycles. The van der Waals surface area contributed by atoms with E-state index in [0.29, 0.717) is 5.13 Å². The first kappa shape index (κ1) is 21.1. The topological polar surface area (TPSA) is 74.3 Å². The maximum absolute atomic E-state index is 12.5. The van der Waals surface area contributed by atoms with E-state index in [2.05, 4.69) is 32.7 Å². The van der Waals surface area contributed by atoms with Crippen molar-refractivity contribution in [1.82, 2.24) is 15.2 Å². The molecule has 1 aliphatic rings. The zero-order valence-corrected chi connectivity index (χ0v) is 17.2. The van der Waals surface area contributed by atoms with Crippen molar-refractivity contribution in [3.05, 3.63) is 58.6 Å². The summed E-state index contributed by atoms with van der Waals surface area (Å²) >= 11 is 1.17. The monoisotopic (exact) mass is 416 g/mol. The number of allylic oxidation sites excluding steroid dienone is 1. The number of nitrogens with zero attached hydrogens (tertiary/aromatic N) is 2. The second-order valence-corrected chi connectivity index (χ2v) is 7.90. The number of hydrogen-bond donors (Lipinski definition) is 2. The Morgan fingerprint density at radius 3 is 2.69 bits per heavy atom. The number of aromatic nitrogens is 1. The third-order valence-electron chi connectivity index (χ3n) is 4.87. The average Bonchev–Trinajstić information content (AvgIpc) is 3.19. The smallest absolute Gasteiger partial charge is 0.271 e. The van der Waals surface area contributed by atoms with E-state index < -0.39 is 12.6 Å². The van der Waals surface area contributed by atoms with Crippen LogP contribution in [0, 0.1) is 0 Å². The number of hydrogen-bond acceptors (Lipinski definition) is 5. The first-order valence-corrected chi connectivity index (χ1v) is 10.5. The van der Waals surface area contributed by atoms with Gasteiger partial charge in [0.15, 0.2) is 5.13 Å². The molecule has 2 heterocycles. The zero-order chi connectivity index (χ0) is 20.6. The summed E-state index contributed by atoms with van der Waals surface area (Å²) < 4.78 is 12.3. The van der Waals surface area contributed by atoms with Gasteiger partial charge >= 0.3 is 0 Å². The van der Waals surface area contributed by atoms with Crippen molar-refractivity contribution < 1.29 is 14.0 Å². The molecule has 1 fully saturated rings. The molecule has 1 aliphatic heterocycles. The Bertz CT molecular complexity index is 861. The Kier molecular flexibility index (Phi) is 7.48. The van der Waals surface area contributed by atoms with Gasteiger partial charge in [0.25, 0.3) is 11.8 Å². The molecule has 1 aromatic carbocycles. The molecular formula is C21H25FN4O2S. The van der Waals surface area contributed by atoms with E-state index in [1.165, 1.54) is 29.9 Å². The molecule has 0 unspecified atom stereocenters. The van der Waals surface area contributed by atoms with Gasteiger partial charge in [0.2, 0.25) is 0 Å². The minimum atomic E-state index is -0.699. The number of thiazole rings is 1. The van der Waals surface area contributed by atoms with Gasteiger partial charge in [0.1, 0.15) is 12.4 Å². The summed E-state index contributed by atoms with van der Waals surface area (Å²) in [5, 5.41) is 7.55. The summed E-state index contributed by atoms with van der Waals surface area (Å²) in [6, 6.07) is 10.5. The van der Waals surface area contributed by atoms with Crippen LogP contribution in [0.4, 0.5) is 9.52 Å². The fraction of sp³-hybridized carbons (Fsp3) is 0.381. The number of carbonyl (C=O) groups excluding carboxylic acids is 2. The van der Waals surface area contributed by atoms with Crippen molar-refractivity contribution in [2.24, 2.45) is 0 Å². The average molecular weight is 417 g/mol. The third kappa shape index (κ3) is 6.20. The van der Waals surface area contributed by atoms with Crippen molar-refractivity contribution in [2.45, 2.75) is 32.4 Å². The quantitative estimate of drug-likeness (QED) is 0.679. The molecular weight excluding hydrogens is 391 g/mol. The molecule has 0 bridgehead atoms. The molecule has 3 rings (SSSR count). The first-order chi connectivity index (χ1) is 14.0. The predicted octanol–water partition coefficient (Wildman–Crippen LogP) is 3.39. The third-order valence-corrected chi connectivity index (χ3v) is 5.63. The van der Waals surface area contributed by atoms with Gasteiger partial charge in [-0.3, -0.25) is 19.8 Å². The Labute approximate surface area is 173 Å². The molecule has 1 saturated heterocycles. The largest absolute Gasteiger partial charge is 0.348 e. The van der Waals surface area contributed by atoms with Gasteiger partial charge in [0, 0.05) is 36.6 Å². The molecule has 154 valence electrons. The van der Waals surface area contributed by atoms with Crippen molar-refractivity contribution in [3.8, 4) is 0 Å². The number of piperidine rings is 1. The predicted molar refractivity (Wildman–Crippen MR) is 113 cm³/mol.